The van der Waals surface area contributed by atoms with Crippen molar-refractivity contribution in [3.8, 4) is 0 Å². The Balaban J connectivity index is 4.14. The van der Waals surface area contributed by atoms with E-state index in [0.29, 0.717) is 13.0 Å². The van der Waals surface area contributed by atoms with Crippen LogP contribution in [0.5, 0.6) is 0 Å². The first-order valence-electron chi connectivity index (χ1n) is 21.6. The van der Waals surface area contributed by atoms with Gasteiger partial charge in [0.25, 0.3) is 0 Å². The Morgan fingerprint density at radius 3 is 1.41 bits per heavy atom. The maximum atomic E-state index is 13.0. The molecule has 0 aromatic heterocycles. The molecule has 0 saturated carbocycles. The number of unbranched alkanes of at least 4 members (excludes halogenated alkanes) is 24. The Hall–Kier alpha value is -1.36. The molecule has 0 spiro atoms. The third-order valence-electron chi connectivity index (χ3n) is 10.4. The van der Waals surface area contributed by atoms with Crippen molar-refractivity contribution < 1.29 is 9.59 Å². The summed E-state index contributed by atoms with van der Waals surface area (Å²) in [5.41, 5.74) is 5.79. The van der Waals surface area contributed by atoms with Crippen LogP contribution in [0.2, 0.25) is 0 Å². The molecule has 289 valence electrons. The van der Waals surface area contributed by atoms with Crippen LogP contribution in [-0.4, -0.2) is 29.9 Å². The summed E-state index contributed by atoms with van der Waals surface area (Å²) < 4.78 is 0. The number of nitrogens with two attached hydrogens (primary N) is 1. The van der Waals surface area contributed by atoms with Gasteiger partial charge in [0.05, 0.1) is 11.6 Å². The van der Waals surface area contributed by atoms with Crippen molar-refractivity contribution in [1.82, 2.24) is 10.6 Å². The average Bonchev–Trinajstić information content (AvgIpc) is 3.08. The van der Waals surface area contributed by atoms with E-state index < -0.39 is 11.6 Å². The van der Waals surface area contributed by atoms with Crippen LogP contribution in [0.1, 0.15) is 234 Å². The van der Waals surface area contributed by atoms with Gasteiger partial charge in [0.2, 0.25) is 11.8 Å². The normalized spacial score (nSPS) is 13.6. The second-order valence-electron chi connectivity index (χ2n) is 15.4. The first kappa shape index (κ1) is 47.6. The summed E-state index contributed by atoms with van der Waals surface area (Å²) in [6.07, 6.45) is 42.5. The van der Waals surface area contributed by atoms with Crippen LogP contribution >= 0.6 is 0 Å². The average molecular weight is 689 g/mol. The number of hydrogen-bond acceptors (Lipinski definition) is 3. The summed E-state index contributed by atoms with van der Waals surface area (Å²) in [5, 5.41) is 6.44. The molecule has 2 atom stereocenters. The zero-order chi connectivity index (χ0) is 36.3. The number of rotatable bonds is 37. The van der Waals surface area contributed by atoms with Crippen LogP contribution in [0.3, 0.4) is 0 Å². The van der Waals surface area contributed by atoms with E-state index in [1.54, 1.807) is 0 Å². The topological polar surface area (TPSA) is 84.2 Å². The van der Waals surface area contributed by atoms with Crippen LogP contribution in [-0.2, 0) is 9.59 Å². The summed E-state index contributed by atoms with van der Waals surface area (Å²) in [6, 6.07) is -0.486. The molecule has 0 heterocycles. The monoisotopic (exact) mass is 689 g/mol. The molecule has 0 aliphatic heterocycles. The molecule has 2 amide bonds. The first-order chi connectivity index (χ1) is 23.8. The van der Waals surface area contributed by atoms with Gasteiger partial charge in [0, 0.05) is 13.0 Å². The summed E-state index contributed by atoms with van der Waals surface area (Å²) in [7, 11) is 0. The van der Waals surface area contributed by atoms with Crippen LogP contribution in [0.15, 0.2) is 12.2 Å². The summed E-state index contributed by atoms with van der Waals surface area (Å²) in [6.45, 7) is 11.2. The minimum absolute atomic E-state index is 0.0910. The lowest BCUT2D eigenvalue weighted by Crippen LogP contribution is -2.59. The third-order valence-corrected chi connectivity index (χ3v) is 10.4. The molecule has 0 fully saturated rings. The van der Waals surface area contributed by atoms with Crippen LogP contribution in [0, 0.1) is 5.92 Å². The molecule has 1 radical (unpaired) electrons. The lowest BCUT2D eigenvalue weighted by molar-refractivity contribution is -0.125. The fourth-order valence-electron chi connectivity index (χ4n) is 6.92. The molecular weight excluding hydrogens is 603 g/mol. The fourth-order valence-corrected chi connectivity index (χ4v) is 6.92. The summed E-state index contributed by atoms with van der Waals surface area (Å²) in [4.78, 5) is 26.0. The van der Waals surface area contributed by atoms with Crippen molar-refractivity contribution in [3.63, 3.8) is 0 Å². The van der Waals surface area contributed by atoms with Gasteiger partial charge >= 0.3 is 0 Å². The number of nitrogens with one attached hydrogen (secondary N) is 2. The molecular formula is C44H86N3O2. The molecule has 5 heteroatoms. The Kier molecular flexibility index (Phi) is 34.1. The van der Waals surface area contributed by atoms with Crippen LogP contribution in [0.25, 0.3) is 0 Å². The largest absolute Gasteiger partial charge is 0.352 e. The highest BCUT2D eigenvalue weighted by atomic mass is 16.2. The molecule has 0 aromatic carbocycles. The predicted molar refractivity (Wildman–Crippen MR) is 216 cm³/mol. The molecule has 0 aromatic rings. The van der Waals surface area contributed by atoms with Gasteiger partial charge in [-0.1, -0.05) is 194 Å². The van der Waals surface area contributed by atoms with Crippen molar-refractivity contribution in [1.29, 1.82) is 0 Å². The van der Waals surface area contributed by atoms with Gasteiger partial charge in [0.15, 0.2) is 0 Å². The van der Waals surface area contributed by atoms with Crippen LogP contribution in [0.4, 0.5) is 0 Å². The number of carbonyl (C=O) groups is 2. The molecule has 2 unspecified atom stereocenters. The van der Waals surface area contributed by atoms with Gasteiger partial charge in [-0.3, -0.25) is 9.59 Å². The van der Waals surface area contributed by atoms with E-state index in [1.165, 1.54) is 148 Å². The van der Waals surface area contributed by atoms with Gasteiger partial charge in [-0.15, -0.1) is 0 Å². The lowest BCUT2D eigenvalue weighted by atomic mass is 9.81. The van der Waals surface area contributed by atoms with Crippen molar-refractivity contribution in [2.24, 2.45) is 5.73 Å². The number of amides is 2. The highest BCUT2D eigenvalue weighted by Gasteiger charge is 2.35. The zero-order valence-corrected chi connectivity index (χ0v) is 33.8. The van der Waals surface area contributed by atoms with Crippen molar-refractivity contribution in [3.05, 3.63) is 18.1 Å². The SMILES string of the molecule is CCCCCCCC/C=C\CCCCCCCC(=O)NC(CCC)(CNC(=O)C(N)CCCCCCCCCCCCCCCC)[C](C)C. The number of hydrogen-bond donors (Lipinski definition) is 3. The van der Waals surface area contributed by atoms with E-state index in [9.17, 15) is 9.59 Å². The Morgan fingerprint density at radius 2 is 0.980 bits per heavy atom. The van der Waals surface area contributed by atoms with E-state index in [0.717, 1.165) is 50.9 Å². The molecule has 0 bridgehead atoms. The van der Waals surface area contributed by atoms with E-state index in [2.05, 4.69) is 57.4 Å². The van der Waals surface area contributed by atoms with Gasteiger partial charge in [0.1, 0.15) is 0 Å². The van der Waals surface area contributed by atoms with Gasteiger partial charge < -0.3 is 16.4 Å². The predicted octanol–water partition coefficient (Wildman–Crippen LogP) is 12.6. The highest BCUT2D eigenvalue weighted by molar-refractivity contribution is 5.82. The minimum Gasteiger partial charge on any atom is -0.352 e. The van der Waals surface area contributed by atoms with Gasteiger partial charge in [-0.05, 0) is 50.9 Å². The second-order valence-corrected chi connectivity index (χ2v) is 15.4. The molecule has 49 heavy (non-hydrogen) atoms. The summed E-state index contributed by atoms with van der Waals surface area (Å²) in [5.74, 6) is 1.13. The quantitative estimate of drug-likeness (QED) is 0.0448. The highest BCUT2D eigenvalue weighted by Crippen LogP contribution is 2.25. The fraction of sp³-hybridized carbons (Fsp3) is 0.886. The zero-order valence-electron chi connectivity index (χ0n) is 33.8. The Labute approximate surface area is 307 Å². The Bertz CT molecular complexity index is 767. The van der Waals surface area contributed by atoms with E-state index in [-0.39, 0.29) is 11.8 Å². The van der Waals surface area contributed by atoms with E-state index in [1.807, 2.05) is 0 Å². The van der Waals surface area contributed by atoms with Crippen molar-refractivity contribution in [2.75, 3.05) is 6.54 Å². The summed E-state index contributed by atoms with van der Waals surface area (Å²) >= 11 is 0. The second kappa shape index (κ2) is 35.1. The molecule has 5 nitrogen and oxygen atoms in total. The van der Waals surface area contributed by atoms with Gasteiger partial charge in [-0.2, -0.15) is 0 Å². The van der Waals surface area contributed by atoms with E-state index >= 15 is 0 Å². The van der Waals surface area contributed by atoms with Gasteiger partial charge in [-0.25, -0.2) is 0 Å². The molecule has 0 saturated heterocycles. The lowest BCUT2D eigenvalue weighted by Gasteiger charge is -2.38. The van der Waals surface area contributed by atoms with Crippen molar-refractivity contribution >= 4 is 11.8 Å². The maximum absolute atomic E-state index is 13.0. The molecule has 0 rings (SSSR count). The minimum atomic E-state index is -0.516. The first-order valence-corrected chi connectivity index (χ1v) is 21.6. The Morgan fingerprint density at radius 1 is 0.571 bits per heavy atom. The van der Waals surface area contributed by atoms with E-state index in [4.69, 9.17) is 5.73 Å². The maximum Gasteiger partial charge on any atom is 0.236 e. The molecule has 0 aliphatic rings. The standard InChI is InChI=1S/C44H86N3O2/c1-6-9-11-13-15-17-19-21-23-25-27-29-31-33-35-37-42(48)47-44(38-8-3,40(4)5)39-46-43(49)41(45)36-34-32-30-28-26-24-22-20-18-16-14-12-10-7-2/h21,23,41H,6-20,22,24-39,45H2,1-5H3,(H,46,49)(H,47,48)/b23-21-. The smallest absolute Gasteiger partial charge is 0.236 e. The molecule has 0 aliphatic carbocycles. The number of carbonyl (C=O) groups excluding carboxylic acids is 2. The third kappa shape index (κ3) is 29.0. The molecule has 4 N–H and O–H groups in total. The van der Waals surface area contributed by atoms with Crippen molar-refractivity contribution in [2.45, 2.75) is 245 Å². The van der Waals surface area contributed by atoms with Crippen LogP contribution < -0.4 is 16.4 Å². The number of allylic oxidation sites excluding steroid dienone is 2.